The third-order valence-electron chi connectivity index (χ3n) is 2.81. The number of anilines is 1. The molecule has 0 amide bonds. The number of hydrogen-bond donors (Lipinski definition) is 2. The second-order valence-electron chi connectivity index (χ2n) is 4.03. The molecule has 3 N–H and O–H groups in total. The quantitative estimate of drug-likeness (QED) is 0.626. The van der Waals surface area contributed by atoms with Crippen LogP contribution in [0.4, 0.5) is 10.1 Å². The molecule has 0 aliphatic carbocycles. The van der Waals surface area contributed by atoms with E-state index in [0.717, 1.165) is 36.7 Å². The average molecular weight is 253 g/mol. The number of benzene rings is 1. The van der Waals surface area contributed by atoms with Gasteiger partial charge in [0.25, 0.3) is 0 Å². The van der Waals surface area contributed by atoms with Crippen molar-refractivity contribution in [3.63, 3.8) is 0 Å². The molecule has 1 aliphatic heterocycles. The third-order valence-corrected chi connectivity index (χ3v) is 3.86. The van der Waals surface area contributed by atoms with Crippen molar-refractivity contribution in [2.24, 2.45) is 5.73 Å². The van der Waals surface area contributed by atoms with Gasteiger partial charge >= 0.3 is 0 Å². The predicted octanol–water partition coefficient (Wildman–Crippen LogP) is 2.05. The first-order valence-electron chi connectivity index (χ1n) is 5.65. The van der Waals surface area contributed by atoms with Gasteiger partial charge in [-0.15, -0.1) is 0 Å². The number of nitrogen functional groups attached to an aromatic ring is 1. The number of hydrogen-bond acceptors (Lipinski definition) is 3. The van der Waals surface area contributed by atoms with E-state index in [4.69, 9.17) is 11.1 Å². The lowest BCUT2D eigenvalue weighted by Gasteiger charge is -2.24. The van der Waals surface area contributed by atoms with Crippen LogP contribution in [0.25, 0.3) is 0 Å². The molecule has 1 aromatic carbocycles. The minimum atomic E-state index is -0.344. The molecule has 1 fully saturated rings. The molecule has 2 rings (SSSR count). The lowest BCUT2D eigenvalue weighted by molar-refractivity contribution is 0.627. The molecular formula is C12H16FN3S. The van der Waals surface area contributed by atoms with Gasteiger partial charge in [0.2, 0.25) is 0 Å². The fourth-order valence-electron chi connectivity index (χ4n) is 1.99. The van der Waals surface area contributed by atoms with Gasteiger partial charge in [-0.3, -0.25) is 5.41 Å². The van der Waals surface area contributed by atoms with Gasteiger partial charge in [-0.1, -0.05) is 0 Å². The molecule has 0 unspecified atom stereocenters. The largest absolute Gasteiger partial charge is 0.384 e. The first-order chi connectivity index (χ1) is 8.18. The van der Waals surface area contributed by atoms with Crippen LogP contribution in [-0.2, 0) is 0 Å². The molecule has 3 nitrogen and oxygen atoms in total. The molecule has 0 bridgehead atoms. The topological polar surface area (TPSA) is 53.1 Å². The van der Waals surface area contributed by atoms with E-state index in [9.17, 15) is 4.39 Å². The molecule has 1 heterocycles. The van der Waals surface area contributed by atoms with Crippen LogP contribution < -0.4 is 10.6 Å². The van der Waals surface area contributed by atoms with E-state index in [1.54, 1.807) is 6.07 Å². The third kappa shape index (κ3) is 2.91. The number of thioether (sulfide) groups is 1. The van der Waals surface area contributed by atoms with E-state index >= 15 is 0 Å². The molecular weight excluding hydrogens is 237 g/mol. The van der Waals surface area contributed by atoms with Crippen LogP contribution in [0.2, 0.25) is 0 Å². The van der Waals surface area contributed by atoms with Crippen molar-refractivity contribution >= 4 is 23.3 Å². The Morgan fingerprint density at radius 2 is 2.18 bits per heavy atom. The van der Waals surface area contributed by atoms with Crippen molar-refractivity contribution in [2.75, 3.05) is 29.5 Å². The van der Waals surface area contributed by atoms with Gasteiger partial charge in [0.1, 0.15) is 11.7 Å². The number of amidine groups is 1. The first kappa shape index (κ1) is 12.2. The minimum absolute atomic E-state index is 0.0728. The Hall–Kier alpha value is -1.23. The number of halogens is 1. The van der Waals surface area contributed by atoms with Gasteiger partial charge in [-0.2, -0.15) is 11.8 Å². The number of nitrogens with two attached hydrogens (primary N) is 1. The summed E-state index contributed by atoms with van der Waals surface area (Å²) in [6, 6.07) is 4.50. The van der Waals surface area contributed by atoms with Crippen LogP contribution in [0, 0.1) is 11.2 Å². The maximum Gasteiger partial charge on any atom is 0.125 e. The van der Waals surface area contributed by atoms with E-state index in [-0.39, 0.29) is 11.7 Å². The zero-order chi connectivity index (χ0) is 12.3. The van der Waals surface area contributed by atoms with Crippen molar-refractivity contribution in [1.29, 1.82) is 5.41 Å². The first-order valence-corrected chi connectivity index (χ1v) is 6.80. The molecule has 0 spiro atoms. The maximum atomic E-state index is 13.2. The zero-order valence-corrected chi connectivity index (χ0v) is 10.4. The summed E-state index contributed by atoms with van der Waals surface area (Å²) in [7, 11) is 0. The number of rotatable bonds is 2. The van der Waals surface area contributed by atoms with E-state index in [0.29, 0.717) is 5.56 Å². The second-order valence-corrected chi connectivity index (χ2v) is 5.25. The lowest BCUT2D eigenvalue weighted by atomic mass is 10.1. The van der Waals surface area contributed by atoms with Gasteiger partial charge in [-0.05, 0) is 30.4 Å². The Morgan fingerprint density at radius 3 is 2.94 bits per heavy atom. The number of nitrogens with one attached hydrogen (secondary N) is 1. The van der Waals surface area contributed by atoms with Gasteiger partial charge in [0.15, 0.2) is 0 Å². The zero-order valence-electron chi connectivity index (χ0n) is 9.58. The SMILES string of the molecule is N=C(N)c1cc(F)ccc1N1CCCSCC1. The van der Waals surface area contributed by atoms with E-state index in [2.05, 4.69) is 4.90 Å². The Bertz CT molecular complexity index is 414. The highest BCUT2D eigenvalue weighted by molar-refractivity contribution is 7.99. The van der Waals surface area contributed by atoms with Crippen molar-refractivity contribution in [3.05, 3.63) is 29.6 Å². The number of nitrogens with zero attached hydrogens (tertiary/aromatic N) is 1. The Balaban J connectivity index is 2.32. The van der Waals surface area contributed by atoms with Crippen LogP contribution in [-0.4, -0.2) is 30.4 Å². The highest BCUT2D eigenvalue weighted by atomic mass is 32.2. The van der Waals surface area contributed by atoms with Crippen molar-refractivity contribution in [2.45, 2.75) is 6.42 Å². The van der Waals surface area contributed by atoms with Crippen LogP contribution in [0.1, 0.15) is 12.0 Å². The normalized spacial score (nSPS) is 16.6. The Morgan fingerprint density at radius 1 is 1.35 bits per heavy atom. The standard InChI is InChI=1S/C12H16FN3S/c13-9-2-3-11(10(8-9)12(14)15)16-4-1-6-17-7-5-16/h2-3,8H,1,4-7H2,(H3,14,15). The summed E-state index contributed by atoms with van der Waals surface area (Å²) in [5, 5.41) is 7.53. The average Bonchev–Trinajstić information content (AvgIpc) is 2.57. The molecule has 0 saturated carbocycles. The molecule has 1 aliphatic rings. The summed E-state index contributed by atoms with van der Waals surface area (Å²) in [5.74, 6) is 1.81. The van der Waals surface area contributed by atoms with Crippen molar-refractivity contribution in [3.8, 4) is 0 Å². The smallest absolute Gasteiger partial charge is 0.125 e. The van der Waals surface area contributed by atoms with Crippen LogP contribution in [0.5, 0.6) is 0 Å². The van der Waals surface area contributed by atoms with Crippen molar-refractivity contribution in [1.82, 2.24) is 0 Å². The molecule has 92 valence electrons. The highest BCUT2D eigenvalue weighted by Gasteiger charge is 2.15. The van der Waals surface area contributed by atoms with Gasteiger partial charge in [0, 0.05) is 30.1 Å². The summed E-state index contributed by atoms with van der Waals surface area (Å²) in [5.41, 5.74) is 6.89. The van der Waals surface area contributed by atoms with E-state index in [1.807, 2.05) is 11.8 Å². The van der Waals surface area contributed by atoms with Crippen LogP contribution in [0.15, 0.2) is 18.2 Å². The summed E-state index contributed by atoms with van der Waals surface area (Å²) in [6.45, 7) is 1.87. The lowest BCUT2D eigenvalue weighted by Crippen LogP contribution is -2.28. The van der Waals surface area contributed by atoms with Gasteiger partial charge in [0.05, 0.1) is 0 Å². The van der Waals surface area contributed by atoms with Gasteiger partial charge < -0.3 is 10.6 Å². The van der Waals surface area contributed by atoms with Crippen LogP contribution in [0.3, 0.4) is 0 Å². The molecule has 0 radical (unpaired) electrons. The molecule has 17 heavy (non-hydrogen) atoms. The van der Waals surface area contributed by atoms with Crippen molar-refractivity contribution < 1.29 is 4.39 Å². The predicted molar refractivity (Wildman–Crippen MR) is 71.6 cm³/mol. The van der Waals surface area contributed by atoms with Gasteiger partial charge in [-0.25, -0.2) is 4.39 Å². The Labute approximate surface area is 105 Å². The molecule has 5 heteroatoms. The summed E-state index contributed by atoms with van der Waals surface area (Å²) in [4.78, 5) is 2.19. The Kier molecular flexibility index (Phi) is 3.89. The summed E-state index contributed by atoms with van der Waals surface area (Å²) >= 11 is 1.93. The molecule has 0 atom stereocenters. The fourth-order valence-corrected chi connectivity index (χ4v) is 2.87. The second kappa shape index (κ2) is 5.40. The minimum Gasteiger partial charge on any atom is -0.384 e. The van der Waals surface area contributed by atoms with E-state index in [1.165, 1.54) is 12.1 Å². The molecule has 0 aromatic heterocycles. The summed E-state index contributed by atoms with van der Waals surface area (Å²) < 4.78 is 13.2. The maximum absolute atomic E-state index is 13.2. The van der Waals surface area contributed by atoms with E-state index < -0.39 is 0 Å². The van der Waals surface area contributed by atoms with Crippen LogP contribution >= 0.6 is 11.8 Å². The monoisotopic (exact) mass is 253 g/mol. The summed E-state index contributed by atoms with van der Waals surface area (Å²) in [6.07, 6.45) is 1.11. The fraction of sp³-hybridized carbons (Fsp3) is 0.417. The molecule has 1 aromatic rings. The highest BCUT2D eigenvalue weighted by Crippen LogP contribution is 2.24. The molecule has 1 saturated heterocycles.